The van der Waals surface area contributed by atoms with E-state index in [4.69, 9.17) is 10.5 Å². The van der Waals surface area contributed by atoms with Crippen molar-refractivity contribution in [2.24, 2.45) is 19.8 Å². The SMILES string of the molecule is Cn1c(=O)c2c(ncn2CCC(=O)N(CC(N)=O)Cc2ccc(OCc3ccccc3)cc2)n(C)c1=O. The number of aryl methyl sites for hydroxylation is 2. The Balaban J connectivity index is 1.43. The van der Waals surface area contributed by atoms with Crippen molar-refractivity contribution in [2.75, 3.05) is 6.54 Å². The van der Waals surface area contributed by atoms with Gasteiger partial charge in [0, 0.05) is 33.6 Å². The van der Waals surface area contributed by atoms with Crippen LogP contribution in [0.25, 0.3) is 11.2 Å². The molecule has 0 bridgehead atoms. The van der Waals surface area contributed by atoms with Gasteiger partial charge in [-0.2, -0.15) is 0 Å². The summed E-state index contributed by atoms with van der Waals surface area (Å²) < 4.78 is 9.61. The molecule has 2 amide bonds. The number of fused-ring (bicyclic) bond motifs is 1. The molecule has 0 saturated heterocycles. The lowest BCUT2D eigenvalue weighted by Crippen LogP contribution is -2.39. The Morgan fingerprint density at radius 3 is 2.35 bits per heavy atom. The average molecular weight is 505 g/mol. The number of primary amides is 1. The van der Waals surface area contributed by atoms with E-state index < -0.39 is 17.2 Å². The molecule has 0 atom stereocenters. The smallest absolute Gasteiger partial charge is 0.332 e. The highest BCUT2D eigenvalue weighted by atomic mass is 16.5. The van der Waals surface area contributed by atoms with Crippen molar-refractivity contribution in [3.63, 3.8) is 0 Å². The lowest BCUT2D eigenvalue weighted by Gasteiger charge is -2.22. The summed E-state index contributed by atoms with van der Waals surface area (Å²) in [4.78, 5) is 55.0. The van der Waals surface area contributed by atoms with Crippen LogP contribution < -0.4 is 21.7 Å². The second-order valence-electron chi connectivity index (χ2n) is 8.70. The second-order valence-corrected chi connectivity index (χ2v) is 8.70. The van der Waals surface area contributed by atoms with Gasteiger partial charge in [0.15, 0.2) is 11.2 Å². The minimum absolute atomic E-state index is 0.00298. The predicted molar refractivity (Wildman–Crippen MR) is 137 cm³/mol. The summed E-state index contributed by atoms with van der Waals surface area (Å²) in [7, 11) is 2.92. The molecular formula is C26H28N6O5. The summed E-state index contributed by atoms with van der Waals surface area (Å²) in [6.45, 7) is 0.519. The number of nitrogens with two attached hydrogens (primary N) is 1. The maximum atomic E-state index is 13.0. The Bertz CT molecular complexity index is 1540. The maximum Gasteiger partial charge on any atom is 0.332 e. The van der Waals surface area contributed by atoms with Crippen molar-refractivity contribution >= 4 is 23.0 Å². The normalized spacial score (nSPS) is 11.0. The van der Waals surface area contributed by atoms with Crippen molar-refractivity contribution in [3.05, 3.63) is 92.9 Å². The summed E-state index contributed by atoms with van der Waals surface area (Å²) >= 11 is 0. The summed E-state index contributed by atoms with van der Waals surface area (Å²) in [6.07, 6.45) is 1.42. The zero-order valence-electron chi connectivity index (χ0n) is 20.7. The van der Waals surface area contributed by atoms with E-state index in [2.05, 4.69) is 4.98 Å². The van der Waals surface area contributed by atoms with E-state index in [1.807, 2.05) is 54.6 Å². The largest absolute Gasteiger partial charge is 0.489 e. The Hall–Kier alpha value is -4.67. The van der Waals surface area contributed by atoms with Gasteiger partial charge in [0.2, 0.25) is 11.8 Å². The van der Waals surface area contributed by atoms with Crippen molar-refractivity contribution in [2.45, 2.75) is 26.1 Å². The van der Waals surface area contributed by atoms with Gasteiger partial charge in [0.25, 0.3) is 5.56 Å². The van der Waals surface area contributed by atoms with Crippen LogP contribution in [0.1, 0.15) is 17.5 Å². The van der Waals surface area contributed by atoms with Crippen LogP contribution in [0.2, 0.25) is 0 Å². The van der Waals surface area contributed by atoms with Gasteiger partial charge in [0.05, 0.1) is 12.9 Å². The van der Waals surface area contributed by atoms with Crippen molar-refractivity contribution in [1.82, 2.24) is 23.6 Å². The lowest BCUT2D eigenvalue weighted by atomic mass is 10.2. The molecule has 192 valence electrons. The first kappa shape index (κ1) is 25.4. The van der Waals surface area contributed by atoms with E-state index in [-0.39, 0.29) is 43.1 Å². The number of nitrogens with zero attached hydrogens (tertiary/aromatic N) is 5. The van der Waals surface area contributed by atoms with E-state index in [1.165, 1.54) is 34.5 Å². The van der Waals surface area contributed by atoms with Crippen LogP contribution >= 0.6 is 0 Å². The first-order valence-corrected chi connectivity index (χ1v) is 11.7. The molecule has 4 rings (SSSR count). The molecule has 0 fully saturated rings. The highest BCUT2D eigenvalue weighted by Crippen LogP contribution is 2.16. The van der Waals surface area contributed by atoms with Gasteiger partial charge in [-0.15, -0.1) is 0 Å². The molecule has 2 aromatic heterocycles. The van der Waals surface area contributed by atoms with Crippen LogP contribution in [0, 0.1) is 0 Å². The topological polar surface area (TPSA) is 134 Å². The molecule has 11 nitrogen and oxygen atoms in total. The number of imidazole rings is 1. The van der Waals surface area contributed by atoms with Crippen molar-refractivity contribution in [3.8, 4) is 5.75 Å². The third kappa shape index (κ3) is 5.77. The molecule has 0 aliphatic carbocycles. The summed E-state index contributed by atoms with van der Waals surface area (Å²) in [6, 6.07) is 17.1. The fourth-order valence-corrected chi connectivity index (χ4v) is 4.01. The number of aromatic nitrogens is 4. The number of carbonyl (C=O) groups is 2. The van der Waals surface area contributed by atoms with Crippen molar-refractivity contribution in [1.29, 1.82) is 0 Å². The minimum atomic E-state index is -0.631. The van der Waals surface area contributed by atoms with Crippen LogP contribution in [0.15, 0.2) is 70.5 Å². The summed E-state index contributed by atoms with van der Waals surface area (Å²) in [5.41, 5.74) is 6.74. The first-order valence-electron chi connectivity index (χ1n) is 11.7. The minimum Gasteiger partial charge on any atom is -0.489 e. The molecule has 0 saturated carbocycles. The standard InChI is InChI=1S/C26H28N6O5/c1-29-24-23(25(35)30(2)26(29)36)31(17-28-24)13-12-22(34)32(15-21(27)33)14-18-8-10-20(11-9-18)37-16-19-6-4-3-5-7-19/h3-11,17H,12-16H2,1-2H3,(H2,27,33). The lowest BCUT2D eigenvalue weighted by molar-refractivity contribution is -0.136. The Morgan fingerprint density at radius 2 is 1.68 bits per heavy atom. The number of amides is 2. The number of hydrogen-bond acceptors (Lipinski definition) is 6. The van der Waals surface area contributed by atoms with E-state index in [1.54, 1.807) is 0 Å². The number of rotatable bonds is 10. The van der Waals surface area contributed by atoms with E-state index >= 15 is 0 Å². The fourth-order valence-electron chi connectivity index (χ4n) is 4.01. The molecule has 0 aliphatic heterocycles. The molecule has 0 radical (unpaired) electrons. The predicted octanol–water partition coefficient (Wildman–Crippen LogP) is 0.917. The first-order chi connectivity index (χ1) is 17.7. The van der Waals surface area contributed by atoms with Gasteiger partial charge >= 0.3 is 5.69 Å². The molecule has 2 N–H and O–H groups in total. The zero-order valence-corrected chi connectivity index (χ0v) is 20.7. The molecule has 2 heterocycles. The molecule has 2 aromatic carbocycles. The van der Waals surface area contributed by atoms with Gasteiger partial charge in [-0.05, 0) is 23.3 Å². The molecule has 4 aromatic rings. The number of benzene rings is 2. The van der Waals surface area contributed by atoms with Gasteiger partial charge in [-0.25, -0.2) is 9.78 Å². The summed E-state index contributed by atoms with van der Waals surface area (Å²) in [5.74, 6) is -0.261. The van der Waals surface area contributed by atoms with Gasteiger partial charge in [-0.3, -0.25) is 23.5 Å². The molecule has 37 heavy (non-hydrogen) atoms. The molecule has 0 spiro atoms. The Labute approximate surface area is 212 Å². The molecule has 11 heteroatoms. The van der Waals surface area contributed by atoms with E-state index in [9.17, 15) is 19.2 Å². The van der Waals surface area contributed by atoms with Crippen LogP contribution in [0.3, 0.4) is 0 Å². The fraction of sp³-hybridized carbons (Fsp3) is 0.269. The third-order valence-corrected chi connectivity index (χ3v) is 6.03. The number of hydrogen-bond donors (Lipinski definition) is 1. The molecule has 0 unspecified atom stereocenters. The number of carbonyl (C=O) groups excluding carboxylic acids is 2. The summed E-state index contributed by atoms with van der Waals surface area (Å²) in [5, 5.41) is 0. The maximum absolute atomic E-state index is 13.0. The van der Waals surface area contributed by atoms with Crippen LogP contribution in [0.5, 0.6) is 5.75 Å². The van der Waals surface area contributed by atoms with Crippen LogP contribution in [-0.2, 0) is 43.4 Å². The second kappa shape index (κ2) is 10.9. The van der Waals surface area contributed by atoms with Crippen molar-refractivity contribution < 1.29 is 14.3 Å². The highest BCUT2D eigenvalue weighted by molar-refractivity contribution is 5.84. The van der Waals surface area contributed by atoms with Gasteiger partial charge in [-0.1, -0.05) is 42.5 Å². The van der Waals surface area contributed by atoms with E-state index in [0.717, 1.165) is 15.7 Å². The van der Waals surface area contributed by atoms with E-state index in [0.29, 0.717) is 12.4 Å². The number of ether oxygens (including phenoxy) is 1. The molecular weight excluding hydrogens is 476 g/mol. The van der Waals surface area contributed by atoms with Gasteiger partial charge in [0.1, 0.15) is 12.4 Å². The van der Waals surface area contributed by atoms with Gasteiger partial charge < -0.3 is 19.9 Å². The molecule has 0 aliphatic rings. The van der Waals surface area contributed by atoms with Crippen LogP contribution in [-0.4, -0.2) is 41.9 Å². The monoisotopic (exact) mass is 504 g/mol. The highest BCUT2D eigenvalue weighted by Gasteiger charge is 2.19. The quantitative estimate of drug-likeness (QED) is 0.341. The third-order valence-electron chi connectivity index (χ3n) is 6.03. The van der Waals surface area contributed by atoms with Crippen LogP contribution in [0.4, 0.5) is 0 Å². The Morgan fingerprint density at radius 1 is 0.973 bits per heavy atom. The Kier molecular flexibility index (Phi) is 7.52. The zero-order chi connectivity index (χ0) is 26.5. The average Bonchev–Trinajstić information content (AvgIpc) is 3.33.